The maximum absolute atomic E-state index is 5.37. The van der Waals surface area contributed by atoms with Crippen molar-refractivity contribution in [3.8, 4) is 5.75 Å². The molecule has 138 valence electrons. The Labute approximate surface area is 178 Å². The van der Waals surface area contributed by atoms with Crippen molar-refractivity contribution in [3.63, 3.8) is 0 Å². The van der Waals surface area contributed by atoms with E-state index in [0.29, 0.717) is 19.0 Å². The Balaban J connectivity index is 0.00000243. The number of pyridine rings is 1. The first-order chi connectivity index (χ1) is 12.2. The number of fused-ring (bicyclic) bond motifs is 1. The largest absolute Gasteiger partial charge is 0.496 e. The Hall–Kier alpha value is -1.81. The Morgan fingerprint density at radius 1 is 1.15 bits per heavy atom. The number of rotatable bonds is 5. The lowest BCUT2D eigenvalue weighted by Crippen LogP contribution is -2.36. The smallest absolute Gasteiger partial charge is 0.191 e. The quantitative estimate of drug-likeness (QED) is 0.301. The highest BCUT2D eigenvalue weighted by atomic mass is 127. The van der Waals surface area contributed by atoms with Gasteiger partial charge in [0.05, 0.1) is 19.3 Å². The van der Waals surface area contributed by atoms with Gasteiger partial charge in [-0.3, -0.25) is 4.99 Å². The van der Waals surface area contributed by atoms with Crippen LogP contribution in [0, 0.1) is 0 Å². The number of aliphatic imine (C=N–C) groups is 1. The maximum Gasteiger partial charge on any atom is 0.191 e. The topological polar surface area (TPSA) is 63.0 Å². The van der Waals surface area contributed by atoms with E-state index >= 15 is 0 Å². The van der Waals surface area contributed by atoms with E-state index in [2.05, 4.69) is 36.5 Å². The van der Waals surface area contributed by atoms with Gasteiger partial charge < -0.3 is 19.8 Å². The molecule has 0 atom stereocenters. The molecule has 3 aromatic rings. The molecule has 0 radical (unpaired) electrons. The van der Waals surface area contributed by atoms with Gasteiger partial charge in [0, 0.05) is 36.0 Å². The van der Waals surface area contributed by atoms with Crippen molar-refractivity contribution in [2.75, 3.05) is 14.2 Å². The number of para-hydroxylation sites is 1. The Morgan fingerprint density at radius 3 is 2.69 bits per heavy atom. The van der Waals surface area contributed by atoms with Crippen LogP contribution in [0.1, 0.15) is 11.3 Å². The van der Waals surface area contributed by atoms with Crippen molar-refractivity contribution < 1.29 is 4.74 Å². The maximum atomic E-state index is 5.37. The van der Waals surface area contributed by atoms with Gasteiger partial charge in [-0.15, -0.1) is 24.0 Å². The van der Waals surface area contributed by atoms with Gasteiger partial charge in [0.1, 0.15) is 11.4 Å². The third-order valence-corrected chi connectivity index (χ3v) is 4.23. The zero-order chi connectivity index (χ0) is 17.6. The molecule has 0 saturated heterocycles. The summed E-state index contributed by atoms with van der Waals surface area (Å²) in [6.45, 7) is 1.21. The fourth-order valence-electron chi connectivity index (χ4n) is 2.53. The zero-order valence-corrected chi connectivity index (χ0v) is 18.5. The van der Waals surface area contributed by atoms with Crippen LogP contribution in [-0.4, -0.2) is 29.5 Å². The Morgan fingerprint density at radius 2 is 1.92 bits per heavy atom. The van der Waals surface area contributed by atoms with Crippen LogP contribution in [-0.2, 0) is 13.1 Å². The first-order valence-electron chi connectivity index (χ1n) is 7.89. The molecule has 8 heteroatoms. The number of nitrogens with zero attached hydrogens (tertiary/aromatic N) is 3. The highest BCUT2D eigenvalue weighted by molar-refractivity contribution is 14.0. The molecule has 0 bridgehead atoms. The van der Waals surface area contributed by atoms with Crippen LogP contribution in [0.2, 0.25) is 0 Å². The lowest BCUT2D eigenvalue weighted by Gasteiger charge is -2.13. The van der Waals surface area contributed by atoms with Crippen molar-refractivity contribution in [2.45, 2.75) is 13.1 Å². The van der Waals surface area contributed by atoms with Gasteiger partial charge in [-0.2, -0.15) is 0 Å². The monoisotopic (exact) mass is 529 g/mol. The number of ether oxygens (including phenoxy) is 1. The van der Waals surface area contributed by atoms with Crippen LogP contribution in [0.15, 0.2) is 58.3 Å². The third kappa shape index (κ3) is 5.10. The molecule has 0 spiro atoms. The van der Waals surface area contributed by atoms with Crippen LogP contribution in [0.5, 0.6) is 5.75 Å². The van der Waals surface area contributed by atoms with Gasteiger partial charge in [-0.05, 0) is 34.1 Å². The summed E-state index contributed by atoms with van der Waals surface area (Å²) in [7, 11) is 3.42. The molecule has 2 aromatic heterocycles. The second kappa shape index (κ2) is 9.77. The summed E-state index contributed by atoms with van der Waals surface area (Å²) >= 11 is 3.47. The SMILES string of the molecule is CN=C(NCc1cn2cc(Br)ccc2n1)NCc1ccccc1OC.I. The summed E-state index contributed by atoms with van der Waals surface area (Å²) < 4.78 is 8.38. The average Bonchev–Trinajstić information content (AvgIpc) is 3.04. The summed E-state index contributed by atoms with van der Waals surface area (Å²) in [5.74, 6) is 1.57. The van der Waals surface area contributed by atoms with E-state index in [1.54, 1.807) is 14.2 Å². The molecule has 0 aliphatic carbocycles. The molecule has 3 rings (SSSR count). The second-order valence-corrected chi connectivity index (χ2v) is 6.35. The minimum Gasteiger partial charge on any atom is -0.496 e. The van der Waals surface area contributed by atoms with Crippen LogP contribution in [0.4, 0.5) is 0 Å². The first kappa shape index (κ1) is 20.5. The van der Waals surface area contributed by atoms with E-state index in [4.69, 9.17) is 4.74 Å². The normalized spacial score (nSPS) is 11.1. The predicted octanol–water partition coefficient (Wildman–Crippen LogP) is 3.59. The summed E-state index contributed by atoms with van der Waals surface area (Å²) in [6, 6.07) is 11.9. The molecule has 0 saturated carbocycles. The highest BCUT2D eigenvalue weighted by Crippen LogP contribution is 2.16. The van der Waals surface area contributed by atoms with E-state index in [1.165, 1.54) is 0 Å². The van der Waals surface area contributed by atoms with Crippen molar-refractivity contribution >= 4 is 51.5 Å². The average molecular weight is 530 g/mol. The molecule has 2 heterocycles. The fourth-order valence-corrected chi connectivity index (χ4v) is 2.88. The van der Waals surface area contributed by atoms with Gasteiger partial charge in [0.2, 0.25) is 0 Å². The molecule has 0 fully saturated rings. The van der Waals surface area contributed by atoms with Crippen molar-refractivity contribution in [2.24, 2.45) is 4.99 Å². The summed E-state index contributed by atoms with van der Waals surface area (Å²) in [6.07, 6.45) is 3.99. The van der Waals surface area contributed by atoms with Crippen molar-refractivity contribution in [3.05, 3.63) is 64.5 Å². The molecule has 0 unspecified atom stereocenters. The Kier molecular flexibility index (Phi) is 7.70. The number of imidazole rings is 1. The number of methoxy groups -OCH3 is 1. The van der Waals surface area contributed by atoms with Gasteiger partial charge >= 0.3 is 0 Å². The van der Waals surface area contributed by atoms with Gasteiger partial charge in [-0.25, -0.2) is 4.98 Å². The lowest BCUT2D eigenvalue weighted by molar-refractivity contribution is 0.409. The summed E-state index contributed by atoms with van der Waals surface area (Å²) in [5, 5.41) is 6.57. The first-order valence-corrected chi connectivity index (χ1v) is 8.68. The second-order valence-electron chi connectivity index (χ2n) is 5.44. The molecule has 6 nitrogen and oxygen atoms in total. The van der Waals surface area contributed by atoms with Crippen LogP contribution < -0.4 is 15.4 Å². The Bertz CT molecular complexity index is 896. The van der Waals surface area contributed by atoms with E-state index in [-0.39, 0.29) is 24.0 Å². The van der Waals surface area contributed by atoms with E-state index in [0.717, 1.165) is 27.1 Å². The van der Waals surface area contributed by atoms with Crippen LogP contribution >= 0.6 is 39.9 Å². The van der Waals surface area contributed by atoms with Crippen molar-refractivity contribution in [1.82, 2.24) is 20.0 Å². The summed E-state index contributed by atoms with van der Waals surface area (Å²) in [4.78, 5) is 8.84. The molecule has 0 aliphatic heterocycles. The molecule has 0 amide bonds. The summed E-state index contributed by atoms with van der Waals surface area (Å²) in [5.41, 5.74) is 2.93. The number of benzene rings is 1. The third-order valence-electron chi connectivity index (χ3n) is 3.76. The highest BCUT2D eigenvalue weighted by Gasteiger charge is 2.05. The predicted molar refractivity (Wildman–Crippen MR) is 118 cm³/mol. The zero-order valence-electron chi connectivity index (χ0n) is 14.6. The van der Waals surface area contributed by atoms with E-state index in [9.17, 15) is 0 Å². The lowest BCUT2D eigenvalue weighted by atomic mass is 10.2. The molecule has 26 heavy (non-hydrogen) atoms. The number of hydrogen-bond acceptors (Lipinski definition) is 3. The van der Waals surface area contributed by atoms with Crippen LogP contribution in [0.25, 0.3) is 5.65 Å². The number of nitrogens with one attached hydrogen (secondary N) is 2. The molecular weight excluding hydrogens is 509 g/mol. The number of aromatic nitrogens is 2. The fraction of sp³-hybridized carbons (Fsp3) is 0.222. The molecule has 1 aromatic carbocycles. The van der Waals surface area contributed by atoms with Crippen molar-refractivity contribution in [1.29, 1.82) is 0 Å². The molecular formula is C18H21BrIN5O. The standard InChI is InChI=1S/C18H20BrN5O.HI/c1-20-18(21-9-13-5-3-4-6-16(13)25-2)22-10-15-12-24-11-14(19)7-8-17(24)23-15;/h3-8,11-12H,9-10H2,1-2H3,(H2,20,21,22);1H. The van der Waals surface area contributed by atoms with E-state index in [1.807, 2.05) is 53.2 Å². The van der Waals surface area contributed by atoms with Crippen LogP contribution in [0.3, 0.4) is 0 Å². The number of halogens is 2. The van der Waals surface area contributed by atoms with Gasteiger partial charge in [-0.1, -0.05) is 18.2 Å². The number of hydrogen-bond donors (Lipinski definition) is 2. The van der Waals surface area contributed by atoms with Gasteiger partial charge in [0.15, 0.2) is 5.96 Å². The molecule has 0 aliphatic rings. The minimum absolute atomic E-state index is 0. The number of guanidine groups is 1. The minimum atomic E-state index is 0. The van der Waals surface area contributed by atoms with E-state index < -0.39 is 0 Å². The molecule has 2 N–H and O–H groups in total. The van der Waals surface area contributed by atoms with Gasteiger partial charge in [0.25, 0.3) is 0 Å².